The smallest absolute Gasteiger partial charge is 0.0564 e. The van der Waals surface area contributed by atoms with Crippen molar-refractivity contribution >= 4 is 5.69 Å². The van der Waals surface area contributed by atoms with Gasteiger partial charge >= 0.3 is 0 Å². The van der Waals surface area contributed by atoms with Crippen LogP contribution in [0.25, 0.3) is 0 Å². The lowest BCUT2D eigenvalue weighted by molar-refractivity contribution is 0.150. The van der Waals surface area contributed by atoms with Gasteiger partial charge in [-0.05, 0) is 49.9 Å². The Bertz CT molecular complexity index is 354. The molecule has 3 nitrogen and oxygen atoms in total. The second-order valence-corrected chi connectivity index (χ2v) is 5.44. The number of rotatable bonds is 3. The van der Waals surface area contributed by atoms with E-state index >= 15 is 0 Å². The Kier molecular flexibility index (Phi) is 4.00. The molecule has 1 saturated heterocycles. The molecule has 0 radical (unpaired) electrons. The summed E-state index contributed by atoms with van der Waals surface area (Å²) in [6, 6.07) is 3.82. The molecule has 2 N–H and O–H groups in total. The highest BCUT2D eigenvalue weighted by atomic mass is 15.1. The number of hydrogen-bond donors (Lipinski definition) is 1. The molecule has 17 heavy (non-hydrogen) atoms. The fourth-order valence-electron chi connectivity index (χ4n) is 2.59. The predicted octanol–water partition coefficient (Wildman–Crippen LogP) is 2.53. The van der Waals surface area contributed by atoms with Crippen LogP contribution in [0.4, 0.5) is 5.69 Å². The van der Waals surface area contributed by atoms with Crippen molar-refractivity contribution in [2.24, 2.45) is 11.8 Å². The second kappa shape index (κ2) is 5.50. The minimum absolute atomic E-state index is 0.812. The van der Waals surface area contributed by atoms with Crippen LogP contribution in [0.5, 0.6) is 0 Å². The van der Waals surface area contributed by atoms with Crippen molar-refractivity contribution in [3.8, 4) is 0 Å². The van der Waals surface area contributed by atoms with Gasteiger partial charge in [-0.15, -0.1) is 0 Å². The largest absolute Gasteiger partial charge is 0.399 e. The molecule has 1 aromatic rings. The zero-order chi connectivity index (χ0) is 12.3. The van der Waals surface area contributed by atoms with E-state index in [1.165, 1.54) is 25.9 Å². The van der Waals surface area contributed by atoms with Crippen LogP contribution in [0.15, 0.2) is 18.3 Å². The van der Waals surface area contributed by atoms with Gasteiger partial charge in [0, 0.05) is 18.4 Å². The summed E-state index contributed by atoms with van der Waals surface area (Å²) in [6.07, 6.45) is 4.44. The highest BCUT2D eigenvalue weighted by molar-refractivity contribution is 5.37. The number of nitrogen functional groups attached to an aromatic ring is 1. The van der Waals surface area contributed by atoms with Crippen LogP contribution in [0.2, 0.25) is 0 Å². The lowest BCUT2D eigenvalue weighted by Gasteiger charge is -2.33. The molecule has 94 valence electrons. The summed E-state index contributed by atoms with van der Waals surface area (Å²) < 4.78 is 0. The summed E-state index contributed by atoms with van der Waals surface area (Å²) in [5.41, 5.74) is 7.67. The van der Waals surface area contributed by atoms with E-state index in [2.05, 4.69) is 23.7 Å². The van der Waals surface area contributed by atoms with Gasteiger partial charge < -0.3 is 5.73 Å². The van der Waals surface area contributed by atoms with Crippen LogP contribution in [0, 0.1) is 11.8 Å². The van der Waals surface area contributed by atoms with E-state index in [4.69, 9.17) is 5.73 Å². The van der Waals surface area contributed by atoms with Crippen LogP contribution in [-0.4, -0.2) is 23.0 Å². The van der Waals surface area contributed by atoms with E-state index in [-0.39, 0.29) is 0 Å². The number of pyridine rings is 1. The fourth-order valence-corrected chi connectivity index (χ4v) is 2.59. The monoisotopic (exact) mass is 233 g/mol. The van der Waals surface area contributed by atoms with Crippen molar-refractivity contribution in [1.82, 2.24) is 9.88 Å². The average molecular weight is 233 g/mol. The maximum Gasteiger partial charge on any atom is 0.0564 e. The first-order valence-corrected chi connectivity index (χ1v) is 6.58. The lowest BCUT2D eigenvalue weighted by atomic mass is 9.87. The Hall–Kier alpha value is -1.09. The molecule has 0 bridgehead atoms. The van der Waals surface area contributed by atoms with Gasteiger partial charge in [0.25, 0.3) is 0 Å². The molecule has 1 aliphatic rings. The van der Waals surface area contributed by atoms with Crippen LogP contribution in [0.3, 0.4) is 0 Å². The first kappa shape index (κ1) is 12.4. The summed E-state index contributed by atoms with van der Waals surface area (Å²) >= 11 is 0. The Morgan fingerprint density at radius 2 is 2.12 bits per heavy atom. The van der Waals surface area contributed by atoms with Crippen LogP contribution in [0.1, 0.15) is 32.4 Å². The summed E-state index contributed by atoms with van der Waals surface area (Å²) in [7, 11) is 0. The number of nitrogens with zero attached hydrogens (tertiary/aromatic N) is 2. The van der Waals surface area contributed by atoms with Gasteiger partial charge in [-0.25, -0.2) is 0 Å². The average Bonchev–Trinajstić information content (AvgIpc) is 2.29. The molecule has 3 heteroatoms. The molecule has 0 atom stereocenters. The first-order chi connectivity index (χ1) is 8.15. The van der Waals surface area contributed by atoms with Crippen molar-refractivity contribution < 1.29 is 0 Å². The molecule has 1 aromatic heterocycles. The third-order valence-corrected chi connectivity index (χ3v) is 3.80. The van der Waals surface area contributed by atoms with Crippen LogP contribution in [-0.2, 0) is 6.54 Å². The summed E-state index contributed by atoms with van der Waals surface area (Å²) in [5, 5.41) is 0. The van der Waals surface area contributed by atoms with Crippen LogP contribution < -0.4 is 5.73 Å². The summed E-state index contributed by atoms with van der Waals surface area (Å²) in [6.45, 7) is 7.99. The molecular weight excluding hydrogens is 210 g/mol. The summed E-state index contributed by atoms with van der Waals surface area (Å²) in [4.78, 5) is 6.85. The van der Waals surface area contributed by atoms with E-state index in [1.54, 1.807) is 6.20 Å². The van der Waals surface area contributed by atoms with E-state index < -0.39 is 0 Å². The molecule has 0 saturated carbocycles. The predicted molar refractivity (Wildman–Crippen MR) is 71.5 cm³/mol. The number of nitrogens with two attached hydrogens (primary N) is 1. The fraction of sp³-hybridized carbons (Fsp3) is 0.643. The minimum Gasteiger partial charge on any atom is -0.399 e. The molecule has 1 fully saturated rings. The SMILES string of the molecule is CC(C)C1CCN(Cc2cc(N)ccn2)CC1. The molecule has 0 aromatic carbocycles. The van der Waals surface area contributed by atoms with Gasteiger partial charge in [0.1, 0.15) is 0 Å². The standard InChI is InChI=1S/C14H23N3/c1-11(2)12-4-7-17(8-5-12)10-14-9-13(15)3-6-16-14/h3,6,9,11-12H,4-5,7-8,10H2,1-2H3,(H2,15,16). The zero-order valence-electron chi connectivity index (χ0n) is 10.9. The van der Waals surface area contributed by atoms with Gasteiger partial charge in [0.15, 0.2) is 0 Å². The topological polar surface area (TPSA) is 42.1 Å². The number of likely N-dealkylation sites (tertiary alicyclic amines) is 1. The Morgan fingerprint density at radius 1 is 1.41 bits per heavy atom. The maximum atomic E-state index is 5.77. The Morgan fingerprint density at radius 3 is 2.71 bits per heavy atom. The van der Waals surface area contributed by atoms with Crippen molar-refractivity contribution in [1.29, 1.82) is 0 Å². The molecule has 1 aliphatic heterocycles. The van der Waals surface area contributed by atoms with Crippen LogP contribution >= 0.6 is 0 Å². The zero-order valence-corrected chi connectivity index (χ0v) is 10.9. The van der Waals surface area contributed by atoms with Crippen molar-refractivity contribution in [2.75, 3.05) is 18.8 Å². The van der Waals surface area contributed by atoms with E-state index in [9.17, 15) is 0 Å². The molecule has 0 aliphatic carbocycles. The molecule has 0 spiro atoms. The van der Waals surface area contributed by atoms with Crippen molar-refractivity contribution in [3.05, 3.63) is 24.0 Å². The van der Waals surface area contributed by atoms with Gasteiger partial charge in [0.2, 0.25) is 0 Å². The van der Waals surface area contributed by atoms with Gasteiger partial charge in [-0.1, -0.05) is 13.8 Å². The summed E-state index contributed by atoms with van der Waals surface area (Å²) in [5.74, 6) is 1.72. The maximum absolute atomic E-state index is 5.77. The number of anilines is 1. The van der Waals surface area contributed by atoms with Gasteiger partial charge in [0.05, 0.1) is 5.69 Å². The van der Waals surface area contributed by atoms with Gasteiger partial charge in [-0.2, -0.15) is 0 Å². The van der Waals surface area contributed by atoms with E-state index in [0.29, 0.717) is 0 Å². The lowest BCUT2D eigenvalue weighted by Crippen LogP contribution is -2.34. The minimum atomic E-state index is 0.812. The third-order valence-electron chi connectivity index (χ3n) is 3.80. The second-order valence-electron chi connectivity index (χ2n) is 5.44. The van der Waals surface area contributed by atoms with Gasteiger partial charge in [-0.3, -0.25) is 9.88 Å². The van der Waals surface area contributed by atoms with E-state index in [1.807, 2.05) is 12.1 Å². The third kappa shape index (κ3) is 3.43. The Balaban J connectivity index is 1.86. The first-order valence-electron chi connectivity index (χ1n) is 6.58. The molecule has 2 heterocycles. The highest BCUT2D eigenvalue weighted by Crippen LogP contribution is 2.25. The Labute approximate surface area is 104 Å². The number of aromatic nitrogens is 1. The van der Waals surface area contributed by atoms with E-state index in [0.717, 1.165) is 29.8 Å². The highest BCUT2D eigenvalue weighted by Gasteiger charge is 2.21. The normalized spacial score (nSPS) is 18.8. The quantitative estimate of drug-likeness (QED) is 0.872. The molecule has 2 rings (SSSR count). The number of piperidine rings is 1. The molecule has 0 unspecified atom stereocenters. The van der Waals surface area contributed by atoms with Crippen molar-refractivity contribution in [2.45, 2.75) is 33.2 Å². The molecule has 0 amide bonds. The molecular formula is C14H23N3. The number of hydrogen-bond acceptors (Lipinski definition) is 3. The van der Waals surface area contributed by atoms with Crippen molar-refractivity contribution in [3.63, 3.8) is 0 Å².